The van der Waals surface area contributed by atoms with Gasteiger partial charge in [-0.2, -0.15) is 0 Å². The molecule has 0 aromatic carbocycles. The molecule has 0 aromatic heterocycles. The van der Waals surface area contributed by atoms with E-state index in [-0.39, 0.29) is 12.6 Å². The molecule has 0 fully saturated rings. The number of hydrogen-bond donors (Lipinski definition) is 0. The number of rotatable bonds is 5. The molecule has 0 bridgehead atoms. The summed E-state index contributed by atoms with van der Waals surface area (Å²) < 4.78 is 10.2. The fourth-order valence-corrected chi connectivity index (χ4v) is 1.23. The quantitative estimate of drug-likeness (QED) is 0.499. The Morgan fingerprint density at radius 2 is 1.93 bits per heavy atom. The number of carbonyl (C=O) groups excluding carboxylic acids is 1. The van der Waals surface area contributed by atoms with Crippen LogP contribution >= 0.6 is 0 Å². The van der Waals surface area contributed by atoms with Crippen LogP contribution in [0.3, 0.4) is 0 Å². The third kappa shape index (κ3) is 3.04. The lowest BCUT2D eigenvalue weighted by Gasteiger charge is -2.27. The molecule has 0 aromatic rings. The molecule has 0 radical (unpaired) electrons. The Labute approximate surface area is 85.8 Å². The van der Waals surface area contributed by atoms with Gasteiger partial charge in [0.1, 0.15) is 6.61 Å². The van der Waals surface area contributed by atoms with Crippen LogP contribution in [0.25, 0.3) is 0 Å². The summed E-state index contributed by atoms with van der Waals surface area (Å²) in [7, 11) is 1.37. The van der Waals surface area contributed by atoms with Crippen molar-refractivity contribution in [2.75, 3.05) is 13.7 Å². The molecule has 0 saturated carbocycles. The molecule has 0 saturated heterocycles. The van der Waals surface area contributed by atoms with Gasteiger partial charge >= 0.3 is 5.97 Å². The van der Waals surface area contributed by atoms with Gasteiger partial charge < -0.3 is 9.47 Å². The Bertz CT molecular complexity index is 231. The van der Waals surface area contributed by atoms with Crippen molar-refractivity contribution in [3.63, 3.8) is 0 Å². The highest BCUT2D eigenvalue weighted by molar-refractivity contribution is 5.79. The molecule has 0 rings (SSSR count). The molecule has 0 spiro atoms. The summed E-state index contributed by atoms with van der Waals surface area (Å²) in [5, 5.41) is 0. The smallest absolute Gasteiger partial charge is 0.338 e. The van der Waals surface area contributed by atoms with Crippen molar-refractivity contribution in [2.45, 2.75) is 39.2 Å². The number of methoxy groups -OCH3 is 1. The molecule has 0 amide bonds. The zero-order chi connectivity index (χ0) is 11.0. The van der Waals surface area contributed by atoms with Crippen molar-refractivity contribution < 1.29 is 14.3 Å². The monoisotopic (exact) mass is 198 g/mol. The van der Waals surface area contributed by atoms with Crippen LogP contribution in [-0.2, 0) is 14.3 Å². The third-order valence-corrected chi connectivity index (χ3v) is 2.30. The maximum Gasteiger partial charge on any atom is 0.338 e. The standard InChI is InChI=1S/C11H18O3/c1-5-8-9-14-11(6-2,7-3)10(12)13-4/h6-7,9H2,1-4H3. The lowest BCUT2D eigenvalue weighted by molar-refractivity contribution is -0.169. The van der Waals surface area contributed by atoms with Crippen LogP contribution in [0.2, 0.25) is 0 Å². The summed E-state index contributed by atoms with van der Waals surface area (Å²) in [6.07, 6.45) is 1.20. The summed E-state index contributed by atoms with van der Waals surface area (Å²) in [4.78, 5) is 11.5. The molecule has 0 unspecified atom stereocenters. The van der Waals surface area contributed by atoms with Crippen LogP contribution in [0.4, 0.5) is 0 Å². The van der Waals surface area contributed by atoms with Crippen molar-refractivity contribution in [3.8, 4) is 11.8 Å². The first-order valence-corrected chi connectivity index (χ1v) is 4.78. The van der Waals surface area contributed by atoms with Crippen molar-refractivity contribution in [1.29, 1.82) is 0 Å². The molecule has 0 N–H and O–H groups in total. The summed E-state index contributed by atoms with van der Waals surface area (Å²) in [6, 6.07) is 0. The summed E-state index contributed by atoms with van der Waals surface area (Å²) >= 11 is 0. The van der Waals surface area contributed by atoms with Crippen molar-refractivity contribution in [3.05, 3.63) is 0 Å². The molecule has 14 heavy (non-hydrogen) atoms. The predicted molar refractivity (Wildman–Crippen MR) is 54.7 cm³/mol. The average Bonchev–Trinajstić information content (AvgIpc) is 2.24. The zero-order valence-corrected chi connectivity index (χ0v) is 9.35. The fourth-order valence-electron chi connectivity index (χ4n) is 1.23. The second kappa shape index (κ2) is 6.44. The Hall–Kier alpha value is -1.01. The molecule has 80 valence electrons. The van der Waals surface area contributed by atoms with Gasteiger partial charge in [-0.15, -0.1) is 5.92 Å². The molecule has 0 aliphatic rings. The second-order valence-electron chi connectivity index (χ2n) is 2.91. The van der Waals surface area contributed by atoms with Gasteiger partial charge in [-0.3, -0.25) is 0 Å². The van der Waals surface area contributed by atoms with Gasteiger partial charge in [-0.25, -0.2) is 4.79 Å². The zero-order valence-electron chi connectivity index (χ0n) is 9.35. The summed E-state index contributed by atoms with van der Waals surface area (Å²) in [5.74, 6) is 5.17. The summed E-state index contributed by atoms with van der Waals surface area (Å²) in [5.41, 5.74) is -0.821. The normalized spacial score (nSPS) is 10.3. The van der Waals surface area contributed by atoms with Crippen LogP contribution in [0, 0.1) is 11.8 Å². The number of carbonyl (C=O) groups is 1. The molecular formula is C11H18O3. The molecule has 0 aliphatic heterocycles. The van der Waals surface area contributed by atoms with Gasteiger partial charge in [0, 0.05) is 0 Å². The first kappa shape index (κ1) is 13.0. The minimum atomic E-state index is -0.821. The molecule has 3 nitrogen and oxygen atoms in total. The second-order valence-corrected chi connectivity index (χ2v) is 2.91. The van der Waals surface area contributed by atoms with Gasteiger partial charge in [0.25, 0.3) is 0 Å². The van der Waals surface area contributed by atoms with E-state index in [9.17, 15) is 4.79 Å². The predicted octanol–water partition coefficient (Wildman–Crippen LogP) is 1.76. The van der Waals surface area contributed by atoms with Gasteiger partial charge in [0.05, 0.1) is 7.11 Å². The Morgan fingerprint density at radius 1 is 1.36 bits per heavy atom. The maximum atomic E-state index is 11.5. The van der Waals surface area contributed by atoms with E-state index in [4.69, 9.17) is 9.47 Å². The van der Waals surface area contributed by atoms with Crippen molar-refractivity contribution in [2.24, 2.45) is 0 Å². The maximum absolute atomic E-state index is 11.5. The highest BCUT2D eigenvalue weighted by Gasteiger charge is 2.36. The topological polar surface area (TPSA) is 35.5 Å². The first-order valence-electron chi connectivity index (χ1n) is 4.78. The van der Waals surface area contributed by atoms with Crippen LogP contribution in [0.1, 0.15) is 33.6 Å². The molecular weight excluding hydrogens is 180 g/mol. The minimum Gasteiger partial charge on any atom is -0.467 e. The van der Waals surface area contributed by atoms with Gasteiger partial charge in [-0.1, -0.05) is 19.8 Å². The lowest BCUT2D eigenvalue weighted by Crippen LogP contribution is -2.41. The number of ether oxygens (including phenoxy) is 2. The van der Waals surface area contributed by atoms with Crippen LogP contribution in [-0.4, -0.2) is 25.3 Å². The minimum absolute atomic E-state index is 0.271. The highest BCUT2D eigenvalue weighted by Crippen LogP contribution is 2.21. The van der Waals surface area contributed by atoms with Crippen molar-refractivity contribution in [1.82, 2.24) is 0 Å². The van der Waals surface area contributed by atoms with Gasteiger partial charge in [0.2, 0.25) is 0 Å². The van der Waals surface area contributed by atoms with E-state index in [1.807, 2.05) is 13.8 Å². The molecule has 0 aliphatic carbocycles. The molecule has 0 atom stereocenters. The van der Waals surface area contributed by atoms with E-state index in [0.717, 1.165) is 0 Å². The van der Waals surface area contributed by atoms with Gasteiger partial charge in [0.15, 0.2) is 5.60 Å². The molecule has 3 heteroatoms. The number of hydrogen-bond acceptors (Lipinski definition) is 3. The van der Waals surface area contributed by atoms with Crippen LogP contribution in [0.15, 0.2) is 0 Å². The SMILES string of the molecule is CC#CCOC(CC)(CC)C(=O)OC. The lowest BCUT2D eigenvalue weighted by atomic mass is 9.97. The fraction of sp³-hybridized carbons (Fsp3) is 0.727. The first-order chi connectivity index (χ1) is 6.66. The van der Waals surface area contributed by atoms with E-state index >= 15 is 0 Å². The van der Waals surface area contributed by atoms with E-state index in [1.165, 1.54) is 7.11 Å². The van der Waals surface area contributed by atoms with E-state index in [0.29, 0.717) is 12.8 Å². The average molecular weight is 198 g/mol. The van der Waals surface area contributed by atoms with Crippen molar-refractivity contribution >= 4 is 5.97 Å². The summed E-state index contributed by atoms with van der Waals surface area (Å²) in [6.45, 7) is 5.81. The highest BCUT2D eigenvalue weighted by atomic mass is 16.6. The molecule has 0 heterocycles. The van der Waals surface area contributed by atoms with Gasteiger partial charge in [-0.05, 0) is 19.8 Å². The third-order valence-electron chi connectivity index (χ3n) is 2.30. The Kier molecular flexibility index (Phi) is 5.98. The van der Waals surface area contributed by atoms with E-state index < -0.39 is 5.60 Å². The van der Waals surface area contributed by atoms with E-state index in [1.54, 1.807) is 6.92 Å². The number of esters is 1. The Balaban J connectivity index is 4.49. The van der Waals surface area contributed by atoms with Crippen LogP contribution < -0.4 is 0 Å². The largest absolute Gasteiger partial charge is 0.467 e. The van der Waals surface area contributed by atoms with E-state index in [2.05, 4.69) is 11.8 Å². The Morgan fingerprint density at radius 3 is 2.29 bits per heavy atom. The van der Waals surface area contributed by atoms with Crippen LogP contribution in [0.5, 0.6) is 0 Å².